The van der Waals surface area contributed by atoms with Gasteiger partial charge in [0.25, 0.3) is 11.0 Å². The minimum atomic E-state index is -4.55. The van der Waals surface area contributed by atoms with Crippen molar-refractivity contribution >= 4 is 27.5 Å². The molecule has 0 amide bonds. The van der Waals surface area contributed by atoms with Crippen LogP contribution < -0.4 is 4.74 Å². The van der Waals surface area contributed by atoms with Gasteiger partial charge in [-0.05, 0) is 30.7 Å². The van der Waals surface area contributed by atoms with Gasteiger partial charge in [-0.1, -0.05) is 15.9 Å². The largest absolute Gasteiger partial charge is 0.452 e. The van der Waals surface area contributed by atoms with E-state index in [4.69, 9.17) is 4.74 Å². The lowest BCUT2D eigenvalue weighted by Gasteiger charge is -2.05. The lowest BCUT2D eigenvalue weighted by Crippen LogP contribution is -2.06. The van der Waals surface area contributed by atoms with Gasteiger partial charge in [-0.15, -0.1) is 0 Å². The van der Waals surface area contributed by atoms with Gasteiger partial charge in [0.1, 0.15) is 5.75 Å². The molecule has 1 heterocycles. The number of ether oxygens (including phenoxy) is 1. The summed E-state index contributed by atoms with van der Waals surface area (Å²) in [6.45, 7) is 1.78. The fraction of sp³-hybridized carbons (Fsp3) is 0.200. The van der Waals surface area contributed by atoms with Gasteiger partial charge in [-0.25, -0.2) is 0 Å². The molecule has 0 saturated heterocycles. The lowest BCUT2D eigenvalue weighted by molar-refractivity contribution is -0.144. The summed E-state index contributed by atoms with van der Waals surface area (Å²) in [5.74, 6) is -0.736. The van der Waals surface area contributed by atoms with Crippen molar-refractivity contribution in [2.24, 2.45) is 0 Å². The molecule has 3 nitrogen and oxygen atoms in total. The smallest absolute Gasteiger partial charge is 0.430 e. The zero-order chi connectivity index (χ0) is 13.3. The second-order valence-corrected chi connectivity index (χ2v) is 5.02. The topological polar surface area (TPSA) is 35.0 Å². The molecule has 0 fully saturated rings. The SMILES string of the molecule is Cc1cc(Br)ccc1Oc1nc(C(F)(F)F)ns1. The molecule has 0 N–H and O–H groups in total. The van der Waals surface area contributed by atoms with Gasteiger partial charge in [0.05, 0.1) is 0 Å². The minimum Gasteiger partial charge on any atom is -0.430 e. The normalized spacial score (nSPS) is 11.6. The predicted molar refractivity (Wildman–Crippen MR) is 63.9 cm³/mol. The number of aryl methyl sites for hydroxylation is 1. The number of aromatic nitrogens is 2. The first kappa shape index (κ1) is 13.3. The molecule has 0 spiro atoms. The standard InChI is InChI=1S/C10H6BrF3N2OS/c1-5-4-6(11)2-3-7(5)17-9-15-8(16-18-9)10(12,13)14/h2-4H,1H3. The van der Waals surface area contributed by atoms with E-state index in [-0.39, 0.29) is 5.19 Å². The van der Waals surface area contributed by atoms with Crippen LogP contribution in [0.5, 0.6) is 10.9 Å². The maximum absolute atomic E-state index is 12.3. The fourth-order valence-electron chi connectivity index (χ4n) is 1.19. The van der Waals surface area contributed by atoms with E-state index in [2.05, 4.69) is 25.3 Å². The Bertz CT molecular complexity index is 570. The van der Waals surface area contributed by atoms with E-state index in [0.29, 0.717) is 17.3 Å². The first-order valence-electron chi connectivity index (χ1n) is 4.71. The van der Waals surface area contributed by atoms with Crippen molar-refractivity contribution in [1.29, 1.82) is 0 Å². The predicted octanol–water partition coefficient (Wildman–Crippen LogP) is 4.42. The Hall–Kier alpha value is -1.15. The molecule has 1 aromatic heterocycles. The summed E-state index contributed by atoms with van der Waals surface area (Å²) in [5.41, 5.74) is 0.785. The Kier molecular flexibility index (Phi) is 3.58. The second kappa shape index (κ2) is 4.85. The maximum atomic E-state index is 12.3. The average molecular weight is 339 g/mol. The minimum absolute atomic E-state index is 0.132. The van der Waals surface area contributed by atoms with E-state index >= 15 is 0 Å². The molecule has 0 aliphatic heterocycles. The zero-order valence-corrected chi connectivity index (χ0v) is 11.4. The molecule has 1 aromatic carbocycles. The fourth-order valence-corrected chi connectivity index (χ4v) is 2.23. The van der Waals surface area contributed by atoms with Crippen LogP contribution in [0.2, 0.25) is 0 Å². The van der Waals surface area contributed by atoms with Crippen LogP contribution in [0.3, 0.4) is 0 Å². The molecule has 0 saturated carbocycles. The van der Waals surface area contributed by atoms with Crippen LogP contribution in [-0.2, 0) is 6.18 Å². The Labute approximate surface area is 113 Å². The van der Waals surface area contributed by atoms with Crippen molar-refractivity contribution in [3.8, 4) is 10.9 Å². The molecule has 96 valence electrons. The highest BCUT2D eigenvalue weighted by Crippen LogP contribution is 2.33. The lowest BCUT2D eigenvalue weighted by atomic mass is 10.2. The van der Waals surface area contributed by atoms with Gasteiger partial charge in [0, 0.05) is 16.0 Å². The van der Waals surface area contributed by atoms with Crippen LogP contribution in [0, 0.1) is 6.92 Å². The highest BCUT2D eigenvalue weighted by Gasteiger charge is 2.36. The van der Waals surface area contributed by atoms with Crippen molar-refractivity contribution in [1.82, 2.24) is 9.36 Å². The van der Waals surface area contributed by atoms with E-state index in [9.17, 15) is 13.2 Å². The first-order valence-corrected chi connectivity index (χ1v) is 6.28. The Morgan fingerprint density at radius 3 is 2.61 bits per heavy atom. The maximum Gasteiger partial charge on any atom is 0.452 e. The zero-order valence-electron chi connectivity index (χ0n) is 8.95. The quantitative estimate of drug-likeness (QED) is 0.812. The Balaban J connectivity index is 2.21. The van der Waals surface area contributed by atoms with E-state index < -0.39 is 12.0 Å². The molecule has 0 aliphatic rings. The molecule has 0 atom stereocenters. The van der Waals surface area contributed by atoms with E-state index in [1.165, 1.54) is 0 Å². The van der Waals surface area contributed by atoms with Crippen molar-refractivity contribution in [3.05, 3.63) is 34.1 Å². The van der Waals surface area contributed by atoms with Crippen LogP contribution in [0.1, 0.15) is 11.4 Å². The number of alkyl halides is 3. The monoisotopic (exact) mass is 338 g/mol. The third-order valence-electron chi connectivity index (χ3n) is 2.00. The summed E-state index contributed by atoms with van der Waals surface area (Å²) in [6, 6.07) is 5.17. The molecule has 0 aliphatic carbocycles. The van der Waals surface area contributed by atoms with Gasteiger partial charge in [-0.3, -0.25) is 0 Å². The molecule has 0 bridgehead atoms. The Morgan fingerprint density at radius 1 is 1.33 bits per heavy atom. The van der Waals surface area contributed by atoms with E-state index in [0.717, 1.165) is 10.0 Å². The molecule has 18 heavy (non-hydrogen) atoms. The van der Waals surface area contributed by atoms with Gasteiger partial charge in [0.2, 0.25) is 0 Å². The summed E-state index contributed by atoms with van der Waals surface area (Å²) in [6.07, 6.45) is -4.55. The molecule has 2 aromatic rings. The Morgan fingerprint density at radius 2 is 2.06 bits per heavy atom. The highest BCUT2D eigenvalue weighted by molar-refractivity contribution is 9.10. The number of hydrogen-bond acceptors (Lipinski definition) is 4. The summed E-state index contributed by atoms with van der Waals surface area (Å²) in [5, 5.41) is -0.132. The number of benzene rings is 1. The molecule has 0 unspecified atom stereocenters. The first-order chi connectivity index (χ1) is 8.36. The summed E-state index contributed by atoms with van der Waals surface area (Å²) in [7, 11) is 0. The van der Waals surface area contributed by atoms with Crippen molar-refractivity contribution in [3.63, 3.8) is 0 Å². The van der Waals surface area contributed by atoms with Gasteiger partial charge in [0.15, 0.2) is 0 Å². The summed E-state index contributed by atoms with van der Waals surface area (Å²) >= 11 is 3.85. The van der Waals surface area contributed by atoms with E-state index in [1.807, 2.05) is 0 Å². The van der Waals surface area contributed by atoms with E-state index in [1.54, 1.807) is 25.1 Å². The average Bonchev–Trinajstić information content (AvgIpc) is 2.70. The number of rotatable bonds is 2. The van der Waals surface area contributed by atoms with Crippen LogP contribution in [0.25, 0.3) is 0 Å². The molecular formula is C10H6BrF3N2OS. The summed E-state index contributed by atoms with van der Waals surface area (Å²) < 4.78 is 46.2. The number of halogens is 4. The van der Waals surface area contributed by atoms with Crippen LogP contribution in [-0.4, -0.2) is 9.36 Å². The van der Waals surface area contributed by atoms with Crippen molar-refractivity contribution in [2.75, 3.05) is 0 Å². The van der Waals surface area contributed by atoms with Gasteiger partial charge in [-0.2, -0.15) is 22.5 Å². The number of hydrogen-bond donors (Lipinski definition) is 0. The second-order valence-electron chi connectivity index (χ2n) is 3.39. The third kappa shape index (κ3) is 2.99. The third-order valence-corrected chi connectivity index (χ3v) is 3.08. The molecule has 2 rings (SSSR count). The van der Waals surface area contributed by atoms with Gasteiger partial charge >= 0.3 is 6.18 Å². The summed E-state index contributed by atoms with van der Waals surface area (Å²) in [4.78, 5) is 3.29. The molecular weight excluding hydrogens is 333 g/mol. The molecule has 0 radical (unpaired) electrons. The number of nitrogens with zero attached hydrogens (tertiary/aromatic N) is 2. The van der Waals surface area contributed by atoms with Gasteiger partial charge < -0.3 is 4.74 Å². The van der Waals surface area contributed by atoms with Crippen LogP contribution >= 0.6 is 27.5 Å². The van der Waals surface area contributed by atoms with Crippen molar-refractivity contribution in [2.45, 2.75) is 13.1 Å². The highest BCUT2D eigenvalue weighted by atomic mass is 79.9. The molecule has 8 heteroatoms. The van der Waals surface area contributed by atoms with Crippen molar-refractivity contribution < 1.29 is 17.9 Å². The van der Waals surface area contributed by atoms with Crippen LogP contribution in [0.4, 0.5) is 13.2 Å². The van der Waals surface area contributed by atoms with Crippen LogP contribution in [0.15, 0.2) is 22.7 Å².